The molecule has 0 N–H and O–H groups in total. The van der Waals surface area contributed by atoms with E-state index in [0.29, 0.717) is 11.7 Å². The zero-order valence-corrected chi connectivity index (χ0v) is 9.37. The lowest BCUT2D eigenvalue weighted by molar-refractivity contribution is -0.122. The lowest BCUT2D eigenvalue weighted by atomic mass is 9.98. The Balaban J connectivity index is 2.03. The molecule has 1 aliphatic carbocycles. The molecule has 1 nitrogen and oxygen atoms in total. The molecule has 1 rings (SSSR count). The molecule has 0 amide bonds. The lowest BCUT2D eigenvalue weighted by Gasteiger charge is -2.06. The van der Waals surface area contributed by atoms with Crippen molar-refractivity contribution < 1.29 is 4.79 Å². The van der Waals surface area contributed by atoms with Crippen LogP contribution in [0.3, 0.4) is 0 Å². The van der Waals surface area contributed by atoms with Gasteiger partial charge in [0.25, 0.3) is 0 Å². The second-order valence-electron chi connectivity index (χ2n) is 3.90. The van der Waals surface area contributed by atoms with Gasteiger partial charge >= 0.3 is 0 Å². The van der Waals surface area contributed by atoms with Crippen LogP contribution in [0.15, 0.2) is 0 Å². The van der Waals surface area contributed by atoms with Crippen molar-refractivity contribution in [3.8, 4) is 0 Å². The van der Waals surface area contributed by atoms with Gasteiger partial charge in [0, 0.05) is 12.3 Å². The molecule has 2 heteroatoms. The van der Waals surface area contributed by atoms with Crippen LogP contribution < -0.4 is 0 Å². The number of ketones is 1. The van der Waals surface area contributed by atoms with Gasteiger partial charge in [-0.2, -0.15) is 11.8 Å². The molecule has 1 fully saturated rings. The first-order valence-corrected chi connectivity index (χ1v) is 6.75. The van der Waals surface area contributed by atoms with Gasteiger partial charge in [-0.15, -0.1) is 0 Å². The molecule has 0 aromatic carbocycles. The SMILES string of the molecule is CSCCCCC(=O)C1CCCC1. The van der Waals surface area contributed by atoms with E-state index in [1.54, 1.807) is 0 Å². The highest BCUT2D eigenvalue weighted by molar-refractivity contribution is 7.98. The quantitative estimate of drug-likeness (QED) is 0.612. The summed E-state index contributed by atoms with van der Waals surface area (Å²) < 4.78 is 0. The molecule has 0 aromatic rings. The number of unbranched alkanes of at least 4 members (excludes halogenated alkanes) is 1. The molecule has 0 aromatic heterocycles. The minimum absolute atomic E-state index is 0.439. The fourth-order valence-electron chi connectivity index (χ4n) is 2.00. The van der Waals surface area contributed by atoms with E-state index in [1.165, 1.54) is 37.9 Å². The molecule has 0 spiro atoms. The topological polar surface area (TPSA) is 17.1 Å². The van der Waals surface area contributed by atoms with Gasteiger partial charge in [0.15, 0.2) is 0 Å². The van der Waals surface area contributed by atoms with Crippen molar-refractivity contribution in [2.24, 2.45) is 5.92 Å². The number of hydrogen-bond acceptors (Lipinski definition) is 2. The molecule has 1 aliphatic rings. The largest absolute Gasteiger partial charge is 0.299 e. The maximum Gasteiger partial charge on any atom is 0.135 e. The van der Waals surface area contributed by atoms with Crippen LogP contribution in [0.25, 0.3) is 0 Å². The van der Waals surface area contributed by atoms with Crippen molar-refractivity contribution in [2.45, 2.75) is 44.9 Å². The van der Waals surface area contributed by atoms with Gasteiger partial charge in [0.1, 0.15) is 5.78 Å². The monoisotopic (exact) mass is 200 g/mol. The molecule has 76 valence electrons. The van der Waals surface area contributed by atoms with Gasteiger partial charge in [-0.1, -0.05) is 12.8 Å². The molecule has 0 bridgehead atoms. The molecular weight excluding hydrogens is 180 g/mol. The molecule has 1 saturated carbocycles. The van der Waals surface area contributed by atoms with E-state index in [9.17, 15) is 4.79 Å². The van der Waals surface area contributed by atoms with Gasteiger partial charge in [-0.25, -0.2) is 0 Å². The van der Waals surface area contributed by atoms with E-state index in [2.05, 4.69) is 6.26 Å². The Morgan fingerprint density at radius 2 is 2.00 bits per heavy atom. The van der Waals surface area contributed by atoms with Crippen LogP contribution in [-0.2, 0) is 4.79 Å². The highest BCUT2D eigenvalue weighted by atomic mass is 32.2. The Kier molecular flexibility index (Phi) is 5.52. The highest BCUT2D eigenvalue weighted by Gasteiger charge is 2.21. The molecule has 0 aliphatic heterocycles. The van der Waals surface area contributed by atoms with Crippen molar-refractivity contribution in [1.29, 1.82) is 0 Å². The third-order valence-corrected chi connectivity index (χ3v) is 3.53. The predicted octanol–water partition coefficient (Wildman–Crippen LogP) is 3.28. The first-order valence-electron chi connectivity index (χ1n) is 5.36. The summed E-state index contributed by atoms with van der Waals surface area (Å²) in [5.74, 6) is 2.19. The molecular formula is C11H20OS. The average molecular weight is 200 g/mol. The summed E-state index contributed by atoms with van der Waals surface area (Å²) in [6.07, 6.45) is 10.2. The smallest absolute Gasteiger partial charge is 0.135 e. The number of Topliss-reactive ketones (excluding diaryl/α,β-unsaturated/α-hetero) is 1. The Morgan fingerprint density at radius 3 is 2.62 bits per heavy atom. The van der Waals surface area contributed by atoms with Crippen molar-refractivity contribution in [2.75, 3.05) is 12.0 Å². The Bertz CT molecular complexity index is 150. The molecule has 0 radical (unpaired) electrons. The van der Waals surface area contributed by atoms with Crippen LogP contribution >= 0.6 is 11.8 Å². The van der Waals surface area contributed by atoms with Crippen LogP contribution in [-0.4, -0.2) is 17.8 Å². The fourth-order valence-corrected chi connectivity index (χ4v) is 2.49. The number of hydrogen-bond donors (Lipinski definition) is 0. The fraction of sp³-hybridized carbons (Fsp3) is 0.909. The van der Waals surface area contributed by atoms with E-state index in [-0.39, 0.29) is 0 Å². The van der Waals surface area contributed by atoms with Crippen LogP contribution in [0.5, 0.6) is 0 Å². The van der Waals surface area contributed by atoms with Crippen molar-refractivity contribution in [3.05, 3.63) is 0 Å². The Hall–Kier alpha value is 0.0200. The lowest BCUT2D eigenvalue weighted by Crippen LogP contribution is -2.10. The average Bonchev–Trinajstić information content (AvgIpc) is 2.65. The summed E-state index contributed by atoms with van der Waals surface area (Å²) in [6.45, 7) is 0. The molecule has 0 heterocycles. The number of carbonyl (C=O) groups excluding carboxylic acids is 1. The number of rotatable bonds is 6. The summed E-state index contributed by atoms with van der Waals surface area (Å²) >= 11 is 1.87. The second-order valence-corrected chi connectivity index (χ2v) is 4.88. The highest BCUT2D eigenvalue weighted by Crippen LogP contribution is 2.26. The van der Waals surface area contributed by atoms with E-state index in [0.717, 1.165) is 12.8 Å². The van der Waals surface area contributed by atoms with Gasteiger partial charge in [0.2, 0.25) is 0 Å². The van der Waals surface area contributed by atoms with Gasteiger partial charge in [-0.3, -0.25) is 4.79 Å². The first kappa shape index (κ1) is 11.1. The first-order chi connectivity index (χ1) is 6.34. The normalized spacial score (nSPS) is 17.9. The second kappa shape index (κ2) is 6.47. The zero-order chi connectivity index (χ0) is 9.52. The van der Waals surface area contributed by atoms with Crippen LogP contribution in [0.4, 0.5) is 0 Å². The van der Waals surface area contributed by atoms with Crippen molar-refractivity contribution in [3.63, 3.8) is 0 Å². The minimum atomic E-state index is 0.439. The molecule has 0 saturated heterocycles. The van der Waals surface area contributed by atoms with Gasteiger partial charge < -0.3 is 0 Å². The van der Waals surface area contributed by atoms with E-state index in [1.807, 2.05) is 11.8 Å². The molecule has 13 heavy (non-hydrogen) atoms. The van der Waals surface area contributed by atoms with Crippen molar-refractivity contribution in [1.82, 2.24) is 0 Å². The number of thioether (sulfide) groups is 1. The summed E-state index contributed by atoms with van der Waals surface area (Å²) in [6, 6.07) is 0. The summed E-state index contributed by atoms with van der Waals surface area (Å²) in [4.78, 5) is 11.6. The van der Waals surface area contributed by atoms with E-state index in [4.69, 9.17) is 0 Å². The van der Waals surface area contributed by atoms with Crippen molar-refractivity contribution >= 4 is 17.5 Å². The van der Waals surface area contributed by atoms with E-state index < -0.39 is 0 Å². The maximum absolute atomic E-state index is 11.6. The third-order valence-electron chi connectivity index (χ3n) is 2.83. The van der Waals surface area contributed by atoms with Crippen LogP contribution in [0, 0.1) is 5.92 Å². The summed E-state index contributed by atoms with van der Waals surface area (Å²) in [5.41, 5.74) is 0. The zero-order valence-electron chi connectivity index (χ0n) is 8.55. The van der Waals surface area contributed by atoms with Crippen LogP contribution in [0.2, 0.25) is 0 Å². The Morgan fingerprint density at radius 1 is 1.31 bits per heavy atom. The minimum Gasteiger partial charge on any atom is -0.299 e. The predicted molar refractivity (Wildman–Crippen MR) is 59.2 cm³/mol. The summed E-state index contributed by atoms with van der Waals surface area (Å²) in [7, 11) is 0. The Labute approximate surface area is 85.7 Å². The molecule has 0 atom stereocenters. The van der Waals surface area contributed by atoms with Gasteiger partial charge in [-0.05, 0) is 37.7 Å². The van der Waals surface area contributed by atoms with Crippen LogP contribution in [0.1, 0.15) is 44.9 Å². The van der Waals surface area contributed by atoms with E-state index >= 15 is 0 Å². The standard InChI is InChI=1S/C11H20OS/c1-13-9-5-4-8-11(12)10-6-2-3-7-10/h10H,2-9H2,1H3. The maximum atomic E-state index is 11.6. The number of carbonyl (C=O) groups is 1. The van der Waals surface area contributed by atoms with Gasteiger partial charge in [0.05, 0.1) is 0 Å². The molecule has 0 unspecified atom stereocenters. The summed E-state index contributed by atoms with van der Waals surface area (Å²) in [5, 5.41) is 0. The third kappa shape index (κ3) is 4.17.